The predicted octanol–water partition coefficient (Wildman–Crippen LogP) is 2.47. The van der Waals surface area contributed by atoms with Gasteiger partial charge in [0.25, 0.3) is 0 Å². The molecule has 1 N–H and O–H groups in total. The zero-order chi connectivity index (χ0) is 20.8. The Morgan fingerprint density at radius 3 is 2.50 bits per heavy atom. The second kappa shape index (κ2) is 7.82. The Hall–Kier alpha value is -2.18. The first-order chi connectivity index (χ1) is 14.5. The van der Waals surface area contributed by atoms with Crippen molar-refractivity contribution >= 4 is 28.2 Å². The molecule has 0 spiro atoms. The van der Waals surface area contributed by atoms with Crippen LogP contribution in [0.1, 0.15) is 18.4 Å². The van der Waals surface area contributed by atoms with Crippen LogP contribution in [0.3, 0.4) is 0 Å². The normalized spacial score (nSPS) is 19.7. The van der Waals surface area contributed by atoms with Crippen LogP contribution in [0, 0.1) is 17.5 Å². The first-order valence-electron chi connectivity index (χ1n) is 10.1. The summed E-state index contributed by atoms with van der Waals surface area (Å²) in [5, 5.41) is 3.53. The maximum atomic E-state index is 14.0. The molecule has 0 amide bonds. The molecule has 2 fully saturated rings. The third kappa shape index (κ3) is 3.67. The fourth-order valence-electron chi connectivity index (χ4n) is 4.20. The second-order valence-corrected chi connectivity index (χ2v) is 9.19. The van der Waals surface area contributed by atoms with Crippen molar-refractivity contribution in [3.8, 4) is 0 Å². The summed E-state index contributed by atoms with van der Waals surface area (Å²) in [6, 6.07) is 4.11. The summed E-state index contributed by atoms with van der Waals surface area (Å²) in [6.45, 7) is 3.29. The number of pyridine rings is 1. The Balaban J connectivity index is 1.31. The van der Waals surface area contributed by atoms with Gasteiger partial charge < -0.3 is 0 Å². The van der Waals surface area contributed by atoms with Gasteiger partial charge in [0.2, 0.25) is 0 Å². The van der Waals surface area contributed by atoms with Gasteiger partial charge in [0.15, 0.2) is 0 Å². The van der Waals surface area contributed by atoms with E-state index in [9.17, 15) is 13.2 Å². The number of nitrogens with one attached hydrogen (secondary N) is 1. The molecule has 9 heteroatoms. The third-order valence-corrected chi connectivity index (χ3v) is 6.71. The fraction of sp³-hybridized carbons (Fsp3) is 0.381. The van der Waals surface area contributed by atoms with Crippen LogP contribution in [-0.4, -0.2) is 63.9 Å². The van der Waals surface area contributed by atoms with Crippen molar-refractivity contribution in [2.24, 2.45) is 0 Å². The van der Waals surface area contributed by atoms with Crippen LogP contribution in [-0.2, 0) is 6.54 Å². The second-order valence-electron chi connectivity index (χ2n) is 7.98. The monoisotopic (exact) mass is 477 g/mol. The standard InChI is InChI=1S/C21H23AsF3N5/c22-20-21(30(14-1-2-14)19-11-26-4-3-18(19)27-20)29-7-5-28(6-8-29)12-13-9-16(24)17(25)10-15(13)23/h3-4,9-11,14,27H,1-2,5-8,12,22H2. The van der Waals surface area contributed by atoms with Crippen LogP contribution in [0.5, 0.6) is 0 Å². The van der Waals surface area contributed by atoms with E-state index in [4.69, 9.17) is 0 Å². The molecule has 0 bridgehead atoms. The first kappa shape index (κ1) is 19.8. The molecule has 1 aromatic carbocycles. The number of aromatic nitrogens is 1. The van der Waals surface area contributed by atoms with Gasteiger partial charge >= 0.3 is 182 Å². The van der Waals surface area contributed by atoms with Crippen LogP contribution >= 0.6 is 0 Å². The molecule has 1 unspecified atom stereocenters. The van der Waals surface area contributed by atoms with Gasteiger partial charge in [0.1, 0.15) is 0 Å². The van der Waals surface area contributed by atoms with Gasteiger partial charge in [0.05, 0.1) is 0 Å². The SMILES string of the molecule is Fc1cc(F)c(CN2CCN(C3=C([AsH2])Nc4ccncc4N3C3CC3)CC2)cc1F. The first-order valence-corrected chi connectivity index (χ1v) is 11.3. The van der Waals surface area contributed by atoms with Gasteiger partial charge in [0, 0.05) is 0 Å². The zero-order valence-corrected chi connectivity index (χ0v) is 18.8. The van der Waals surface area contributed by atoms with E-state index in [1.807, 2.05) is 12.3 Å². The number of hydrogen-bond donors (Lipinski definition) is 1. The van der Waals surface area contributed by atoms with Crippen molar-refractivity contribution < 1.29 is 13.2 Å². The number of nitrogens with zero attached hydrogens (tertiary/aromatic N) is 4. The van der Waals surface area contributed by atoms with E-state index in [0.717, 1.165) is 43.6 Å². The van der Waals surface area contributed by atoms with Gasteiger partial charge in [-0.1, -0.05) is 0 Å². The van der Waals surface area contributed by atoms with E-state index in [2.05, 4.69) is 25.0 Å². The summed E-state index contributed by atoms with van der Waals surface area (Å²) < 4.78 is 41.9. The quantitative estimate of drug-likeness (QED) is 0.541. The molecular formula is C21H23AsF3N5. The molecule has 5 rings (SSSR count). The summed E-state index contributed by atoms with van der Waals surface area (Å²) in [5.41, 5.74) is 2.40. The molecular weight excluding hydrogens is 454 g/mol. The van der Waals surface area contributed by atoms with E-state index in [1.54, 1.807) is 23.0 Å². The summed E-state index contributed by atoms with van der Waals surface area (Å²) in [5.74, 6) is -1.64. The van der Waals surface area contributed by atoms with Crippen molar-refractivity contribution in [3.05, 3.63) is 63.9 Å². The predicted molar refractivity (Wildman–Crippen MR) is 112 cm³/mol. The van der Waals surface area contributed by atoms with Crippen LogP contribution in [0.25, 0.3) is 0 Å². The summed E-state index contributed by atoms with van der Waals surface area (Å²) >= 11 is 1.55. The number of hydrogen-bond acceptors (Lipinski definition) is 5. The Kier molecular flexibility index (Phi) is 5.15. The Bertz CT molecular complexity index is 1000. The molecule has 2 aliphatic heterocycles. The minimum atomic E-state index is -1.15. The maximum absolute atomic E-state index is 14.0. The van der Waals surface area contributed by atoms with Gasteiger partial charge in [-0.2, -0.15) is 0 Å². The third-order valence-electron chi connectivity index (χ3n) is 5.87. The average molecular weight is 477 g/mol. The average Bonchev–Trinajstić information content (AvgIpc) is 3.57. The summed E-state index contributed by atoms with van der Waals surface area (Å²) in [6.07, 6.45) is 6.07. The van der Waals surface area contributed by atoms with Crippen molar-refractivity contribution in [3.63, 3.8) is 0 Å². The fourth-order valence-corrected chi connectivity index (χ4v) is 5.20. The van der Waals surface area contributed by atoms with E-state index in [-0.39, 0.29) is 12.1 Å². The molecule has 1 saturated heterocycles. The van der Waals surface area contributed by atoms with Crippen LogP contribution < -0.4 is 10.2 Å². The molecule has 1 saturated carbocycles. The van der Waals surface area contributed by atoms with E-state index in [1.165, 1.54) is 23.1 Å². The van der Waals surface area contributed by atoms with Crippen LogP contribution in [0.4, 0.5) is 24.5 Å². The van der Waals surface area contributed by atoms with Crippen molar-refractivity contribution in [2.75, 3.05) is 36.4 Å². The molecule has 2 aromatic rings. The minimum absolute atomic E-state index is 0.194. The molecule has 3 aliphatic rings. The summed E-state index contributed by atoms with van der Waals surface area (Å²) in [4.78, 5) is 11.2. The zero-order valence-electron chi connectivity index (χ0n) is 16.4. The van der Waals surface area contributed by atoms with Gasteiger partial charge in [-0.25, -0.2) is 0 Å². The number of fused-ring (bicyclic) bond motifs is 1. The van der Waals surface area contributed by atoms with Gasteiger partial charge in [-0.3, -0.25) is 0 Å². The Labute approximate surface area is 182 Å². The van der Waals surface area contributed by atoms with Crippen LogP contribution in [0.15, 0.2) is 40.9 Å². The molecule has 1 aliphatic carbocycles. The molecule has 0 radical (unpaired) electrons. The van der Waals surface area contributed by atoms with E-state index in [0.29, 0.717) is 12.1 Å². The van der Waals surface area contributed by atoms with Crippen LogP contribution in [0.2, 0.25) is 0 Å². The Morgan fingerprint density at radius 2 is 1.77 bits per heavy atom. The van der Waals surface area contributed by atoms with E-state index >= 15 is 0 Å². The number of piperazine rings is 1. The number of benzene rings is 1. The van der Waals surface area contributed by atoms with E-state index < -0.39 is 17.5 Å². The molecule has 30 heavy (non-hydrogen) atoms. The molecule has 1 aromatic heterocycles. The molecule has 158 valence electrons. The molecule has 1 atom stereocenters. The van der Waals surface area contributed by atoms with Crippen molar-refractivity contribution in [1.82, 2.24) is 14.8 Å². The van der Waals surface area contributed by atoms with Gasteiger partial charge in [-0.05, 0) is 0 Å². The molecule has 3 heterocycles. The van der Waals surface area contributed by atoms with Crippen molar-refractivity contribution in [2.45, 2.75) is 25.4 Å². The summed E-state index contributed by atoms with van der Waals surface area (Å²) in [7, 11) is 0. The number of anilines is 2. The van der Waals surface area contributed by atoms with Crippen molar-refractivity contribution in [1.29, 1.82) is 0 Å². The van der Waals surface area contributed by atoms with Gasteiger partial charge in [-0.15, -0.1) is 0 Å². The molecule has 5 nitrogen and oxygen atoms in total. The topological polar surface area (TPSA) is 34.6 Å². The Morgan fingerprint density at radius 1 is 1.03 bits per heavy atom. The number of halogens is 3. The number of rotatable bonds is 4.